The summed E-state index contributed by atoms with van der Waals surface area (Å²) in [5, 5.41) is 4.37. The number of nitrogens with one attached hydrogen (secondary N) is 1. The molecule has 1 aliphatic rings. The number of halogens is 1. The van der Waals surface area contributed by atoms with Crippen molar-refractivity contribution in [3.63, 3.8) is 0 Å². The topological polar surface area (TPSA) is 15.3 Å². The number of likely N-dealkylation sites (N-methyl/N-ethyl adjacent to an activating group) is 1. The quantitative estimate of drug-likeness (QED) is 0.831. The molecule has 0 saturated carbocycles. The van der Waals surface area contributed by atoms with Crippen molar-refractivity contribution in [1.29, 1.82) is 0 Å². The molecule has 0 fully saturated rings. The van der Waals surface area contributed by atoms with Gasteiger partial charge in [0.15, 0.2) is 0 Å². The van der Waals surface area contributed by atoms with Crippen LogP contribution >= 0.6 is 11.6 Å². The van der Waals surface area contributed by atoms with Gasteiger partial charge in [-0.3, -0.25) is 0 Å². The van der Waals surface area contributed by atoms with E-state index in [4.69, 9.17) is 11.6 Å². The fourth-order valence-electron chi connectivity index (χ4n) is 2.12. The first-order valence-electron chi connectivity index (χ1n) is 5.35. The van der Waals surface area contributed by atoms with Crippen LogP contribution in [-0.2, 0) is 6.42 Å². The standard InChI is InChI=1S/C12H17ClN2/c1-15(2)8-10-7-6-9-4-3-5-11(13)12(9)14-10/h3-5,10,14H,6-8H2,1-2H3. The number of aryl methyl sites for hydroxylation is 1. The second kappa shape index (κ2) is 4.42. The van der Waals surface area contributed by atoms with Gasteiger partial charge in [0.1, 0.15) is 0 Å². The lowest BCUT2D eigenvalue weighted by atomic mass is 9.98. The van der Waals surface area contributed by atoms with E-state index in [1.165, 1.54) is 12.0 Å². The fourth-order valence-corrected chi connectivity index (χ4v) is 2.37. The molecule has 1 unspecified atom stereocenters. The Bertz CT molecular complexity index is 349. The van der Waals surface area contributed by atoms with E-state index in [9.17, 15) is 0 Å². The van der Waals surface area contributed by atoms with Gasteiger partial charge in [0.05, 0.1) is 10.7 Å². The molecule has 1 aliphatic heterocycles. The maximum absolute atomic E-state index is 6.17. The number of hydrogen-bond donors (Lipinski definition) is 1. The first-order chi connectivity index (χ1) is 7.16. The first-order valence-corrected chi connectivity index (χ1v) is 5.73. The van der Waals surface area contributed by atoms with Crippen LogP contribution in [0.2, 0.25) is 5.02 Å². The molecule has 2 nitrogen and oxygen atoms in total. The van der Waals surface area contributed by atoms with Crippen LogP contribution in [0.1, 0.15) is 12.0 Å². The molecule has 2 rings (SSSR count). The average Bonchev–Trinajstić information content (AvgIpc) is 2.18. The molecule has 0 radical (unpaired) electrons. The molecular weight excluding hydrogens is 208 g/mol. The third kappa shape index (κ3) is 2.44. The van der Waals surface area contributed by atoms with Gasteiger partial charge in [0, 0.05) is 12.6 Å². The predicted octanol–water partition coefficient (Wildman–Crippen LogP) is 2.63. The Kier molecular flexibility index (Phi) is 3.17. The Hall–Kier alpha value is -0.730. The SMILES string of the molecule is CN(C)CC1CCc2cccc(Cl)c2N1. The van der Waals surface area contributed by atoms with Gasteiger partial charge in [0.2, 0.25) is 0 Å². The molecule has 1 atom stereocenters. The number of benzene rings is 1. The number of anilines is 1. The largest absolute Gasteiger partial charge is 0.380 e. The number of rotatable bonds is 2. The van der Waals surface area contributed by atoms with Gasteiger partial charge in [-0.05, 0) is 38.6 Å². The first kappa shape index (κ1) is 10.8. The van der Waals surface area contributed by atoms with E-state index in [1.807, 2.05) is 12.1 Å². The van der Waals surface area contributed by atoms with Gasteiger partial charge < -0.3 is 10.2 Å². The Morgan fingerprint density at radius 2 is 2.27 bits per heavy atom. The van der Waals surface area contributed by atoms with Crippen molar-refractivity contribution in [2.45, 2.75) is 18.9 Å². The minimum Gasteiger partial charge on any atom is -0.380 e. The molecule has 0 spiro atoms. The molecule has 0 amide bonds. The Labute approximate surface area is 96.2 Å². The van der Waals surface area contributed by atoms with Crippen LogP contribution in [0.4, 0.5) is 5.69 Å². The van der Waals surface area contributed by atoms with E-state index in [0.717, 1.165) is 23.7 Å². The molecule has 1 aromatic rings. The smallest absolute Gasteiger partial charge is 0.0640 e. The zero-order chi connectivity index (χ0) is 10.8. The highest BCUT2D eigenvalue weighted by Gasteiger charge is 2.19. The van der Waals surface area contributed by atoms with Gasteiger partial charge >= 0.3 is 0 Å². The Morgan fingerprint density at radius 3 is 3.00 bits per heavy atom. The fraction of sp³-hybridized carbons (Fsp3) is 0.500. The summed E-state index contributed by atoms with van der Waals surface area (Å²) in [7, 11) is 4.20. The van der Waals surface area contributed by atoms with Crippen molar-refractivity contribution in [3.05, 3.63) is 28.8 Å². The molecule has 0 saturated heterocycles. The number of hydrogen-bond acceptors (Lipinski definition) is 2. The minimum absolute atomic E-state index is 0.521. The van der Waals surface area contributed by atoms with Gasteiger partial charge in [0.25, 0.3) is 0 Å². The molecule has 15 heavy (non-hydrogen) atoms. The van der Waals surface area contributed by atoms with Crippen molar-refractivity contribution in [2.75, 3.05) is 26.0 Å². The molecular formula is C12H17ClN2. The molecule has 1 aromatic carbocycles. The second-order valence-electron chi connectivity index (χ2n) is 4.42. The zero-order valence-electron chi connectivity index (χ0n) is 9.26. The van der Waals surface area contributed by atoms with Crippen LogP contribution in [-0.4, -0.2) is 31.6 Å². The minimum atomic E-state index is 0.521. The van der Waals surface area contributed by atoms with E-state index >= 15 is 0 Å². The molecule has 1 N–H and O–H groups in total. The van der Waals surface area contributed by atoms with Gasteiger partial charge in [-0.1, -0.05) is 23.7 Å². The number of fused-ring (bicyclic) bond motifs is 1. The highest BCUT2D eigenvalue weighted by Crippen LogP contribution is 2.31. The third-order valence-corrected chi connectivity index (χ3v) is 3.11. The van der Waals surface area contributed by atoms with Crippen molar-refractivity contribution in [1.82, 2.24) is 4.90 Å². The summed E-state index contributed by atoms with van der Waals surface area (Å²) in [4.78, 5) is 2.21. The van der Waals surface area contributed by atoms with Crippen molar-refractivity contribution in [3.8, 4) is 0 Å². The van der Waals surface area contributed by atoms with Gasteiger partial charge in [-0.25, -0.2) is 0 Å². The van der Waals surface area contributed by atoms with Crippen molar-refractivity contribution < 1.29 is 0 Å². The number of para-hydroxylation sites is 1. The second-order valence-corrected chi connectivity index (χ2v) is 4.82. The summed E-state index contributed by atoms with van der Waals surface area (Å²) < 4.78 is 0. The van der Waals surface area contributed by atoms with E-state index in [2.05, 4.69) is 30.4 Å². The maximum atomic E-state index is 6.17. The predicted molar refractivity (Wildman–Crippen MR) is 65.7 cm³/mol. The van der Waals surface area contributed by atoms with E-state index < -0.39 is 0 Å². The van der Waals surface area contributed by atoms with E-state index in [-0.39, 0.29) is 0 Å². The van der Waals surface area contributed by atoms with Crippen LogP contribution in [0.15, 0.2) is 18.2 Å². The van der Waals surface area contributed by atoms with Gasteiger partial charge in [-0.15, -0.1) is 0 Å². The third-order valence-electron chi connectivity index (χ3n) is 2.80. The summed E-state index contributed by atoms with van der Waals surface area (Å²) in [6.45, 7) is 1.06. The molecule has 0 bridgehead atoms. The van der Waals surface area contributed by atoms with E-state index in [0.29, 0.717) is 6.04 Å². The molecule has 82 valence electrons. The van der Waals surface area contributed by atoms with Gasteiger partial charge in [-0.2, -0.15) is 0 Å². The van der Waals surface area contributed by atoms with E-state index in [1.54, 1.807) is 0 Å². The summed E-state index contributed by atoms with van der Waals surface area (Å²) in [6.07, 6.45) is 2.31. The molecule has 0 aromatic heterocycles. The summed E-state index contributed by atoms with van der Waals surface area (Å²) in [6, 6.07) is 6.65. The Morgan fingerprint density at radius 1 is 1.47 bits per heavy atom. The lowest BCUT2D eigenvalue weighted by Gasteiger charge is -2.29. The molecule has 0 aliphatic carbocycles. The average molecular weight is 225 g/mol. The van der Waals surface area contributed by atoms with Crippen molar-refractivity contribution in [2.24, 2.45) is 0 Å². The highest BCUT2D eigenvalue weighted by atomic mass is 35.5. The summed E-state index contributed by atoms with van der Waals surface area (Å²) >= 11 is 6.17. The van der Waals surface area contributed by atoms with Crippen molar-refractivity contribution >= 4 is 17.3 Å². The normalized spacial score (nSPS) is 19.9. The lowest BCUT2D eigenvalue weighted by Crippen LogP contribution is -2.35. The monoisotopic (exact) mass is 224 g/mol. The lowest BCUT2D eigenvalue weighted by molar-refractivity contribution is 0.371. The molecule has 3 heteroatoms. The summed E-state index contributed by atoms with van der Waals surface area (Å²) in [5.74, 6) is 0. The summed E-state index contributed by atoms with van der Waals surface area (Å²) in [5.41, 5.74) is 2.48. The van der Waals surface area contributed by atoms with Crippen LogP contribution < -0.4 is 5.32 Å². The van der Waals surface area contributed by atoms with Crippen LogP contribution in [0, 0.1) is 0 Å². The Balaban J connectivity index is 2.15. The van der Waals surface area contributed by atoms with Crippen LogP contribution in [0.3, 0.4) is 0 Å². The van der Waals surface area contributed by atoms with Crippen LogP contribution in [0.25, 0.3) is 0 Å². The number of nitrogens with zero attached hydrogens (tertiary/aromatic N) is 1. The molecule has 1 heterocycles. The maximum Gasteiger partial charge on any atom is 0.0640 e. The highest BCUT2D eigenvalue weighted by molar-refractivity contribution is 6.33. The zero-order valence-corrected chi connectivity index (χ0v) is 10.0. The van der Waals surface area contributed by atoms with Crippen LogP contribution in [0.5, 0.6) is 0 Å².